The van der Waals surface area contributed by atoms with E-state index in [1.54, 1.807) is 10.9 Å². The van der Waals surface area contributed by atoms with Gasteiger partial charge in [-0.15, -0.1) is 0 Å². The van der Waals surface area contributed by atoms with E-state index in [0.29, 0.717) is 35.6 Å². The van der Waals surface area contributed by atoms with Crippen LogP contribution in [-0.2, 0) is 24.3 Å². The molecule has 0 aliphatic carbocycles. The summed E-state index contributed by atoms with van der Waals surface area (Å²) in [6.45, 7) is 5.00. The van der Waals surface area contributed by atoms with Gasteiger partial charge in [0.2, 0.25) is 0 Å². The maximum absolute atomic E-state index is 12.8. The van der Waals surface area contributed by atoms with E-state index < -0.39 is 0 Å². The second kappa shape index (κ2) is 5.93. The van der Waals surface area contributed by atoms with Crippen molar-refractivity contribution in [1.29, 1.82) is 0 Å². The number of pyridine rings is 1. The molecular formula is C19H18ClN3O2. The quantitative estimate of drug-likeness (QED) is 0.707. The summed E-state index contributed by atoms with van der Waals surface area (Å²) in [6, 6.07) is 9.31. The minimum absolute atomic E-state index is 0.0971. The maximum atomic E-state index is 12.8. The van der Waals surface area contributed by atoms with Gasteiger partial charge < -0.3 is 4.74 Å². The molecule has 1 aromatic carbocycles. The molecule has 0 amide bonds. The fourth-order valence-corrected chi connectivity index (χ4v) is 3.20. The van der Waals surface area contributed by atoms with Gasteiger partial charge in [-0.2, -0.15) is 0 Å². The van der Waals surface area contributed by atoms with Crippen LogP contribution in [0.3, 0.4) is 0 Å². The van der Waals surface area contributed by atoms with Gasteiger partial charge in [-0.1, -0.05) is 23.7 Å². The fourth-order valence-electron chi connectivity index (χ4n) is 3.07. The molecule has 0 unspecified atom stereocenters. The molecule has 128 valence electrons. The molecule has 4 rings (SSSR count). The van der Waals surface area contributed by atoms with Crippen molar-refractivity contribution in [3.63, 3.8) is 0 Å². The normalized spacial score (nSPS) is 16.0. The number of ether oxygens (including phenoxy) is 1. The second-order valence-electron chi connectivity index (χ2n) is 6.99. The summed E-state index contributed by atoms with van der Waals surface area (Å²) >= 11 is 5.91. The number of hydrogen-bond acceptors (Lipinski definition) is 4. The summed E-state index contributed by atoms with van der Waals surface area (Å²) in [5.74, 6) is 0. The Kier molecular flexibility index (Phi) is 3.85. The van der Waals surface area contributed by atoms with Crippen LogP contribution in [-0.4, -0.2) is 20.1 Å². The predicted octanol–water partition coefficient (Wildman–Crippen LogP) is 3.34. The van der Waals surface area contributed by atoms with Crippen LogP contribution in [0.1, 0.15) is 30.7 Å². The van der Waals surface area contributed by atoms with Gasteiger partial charge in [0.1, 0.15) is 6.33 Å². The second-order valence-corrected chi connectivity index (χ2v) is 7.43. The first-order valence-electron chi connectivity index (χ1n) is 8.18. The van der Waals surface area contributed by atoms with E-state index in [0.717, 1.165) is 16.8 Å². The van der Waals surface area contributed by atoms with Gasteiger partial charge in [-0.25, -0.2) is 9.97 Å². The average Bonchev–Trinajstić information content (AvgIpc) is 2.57. The first kappa shape index (κ1) is 16.2. The van der Waals surface area contributed by atoms with Crippen LogP contribution in [0.15, 0.2) is 41.5 Å². The number of hydrogen-bond donors (Lipinski definition) is 0. The molecule has 0 atom stereocenters. The molecule has 5 nitrogen and oxygen atoms in total. The predicted molar refractivity (Wildman–Crippen MR) is 96.9 cm³/mol. The van der Waals surface area contributed by atoms with E-state index in [1.807, 2.05) is 44.2 Å². The van der Waals surface area contributed by atoms with Crippen molar-refractivity contribution in [2.24, 2.45) is 0 Å². The Morgan fingerprint density at radius 2 is 2.04 bits per heavy atom. The van der Waals surface area contributed by atoms with E-state index in [1.165, 1.54) is 0 Å². The molecule has 0 radical (unpaired) electrons. The zero-order valence-electron chi connectivity index (χ0n) is 14.1. The minimum Gasteiger partial charge on any atom is -0.370 e. The van der Waals surface area contributed by atoms with E-state index in [4.69, 9.17) is 16.3 Å². The van der Waals surface area contributed by atoms with Crippen LogP contribution >= 0.6 is 11.6 Å². The molecule has 0 bridgehead atoms. The molecule has 6 heteroatoms. The lowest BCUT2D eigenvalue weighted by molar-refractivity contribution is -0.0411. The zero-order valence-corrected chi connectivity index (χ0v) is 14.9. The zero-order chi connectivity index (χ0) is 17.6. The molecule has 1 aliphatic heterocycles. The van der Waals surface area contributed by atoms with Crippen molar-refractivity contribution < 1.29 is 4.74 Å². The van der Waals surface area contributed by atoms with Gasteiger partial charge in [-0.05, 0) is 37.6 Å². The molecule has 2 aromatic heterocycles. The molecule has 3 aromatic rings. The molecular weight excluding hydrogens is 338 g/mol. The Labute approximate surface area is 150 Å². The number of benzene rings is 1. The molecule has 1 aliphatic rings. The molecule has 0 spiro atoms. The molecule has 25 heavy (non-hydrogen) atoms. The Hall–Kier alpha value is -2.24. The van der Waals surface area contributed by atoms with Crippen LogP contribution in [0.4, 0.5) is 0 Å². The number of rotatable bonds is 2. The van der Waals surface area contributed by atoms with Gasteiger partial charge in [-0.3, -0.25) is 9.36 Å². The van der Waals surface area contributed by atoms with Crippen LogP contribution in [0, 0.1) is 0 Å². The molecule has 0 saturated carbocycles. The summed E-state index contributed by atoms with van der Waals surface area (Å²) in [5, 5.41) is 1.20. The van der Waals surface area contributed by atoms with Gasteiger partial charge in [0.05, 0.1) is 29.8 Å². The lowest BCUT2D eigenvalue weighted by Gasteiger charge is -2.31. The van der Waals surface area contributed by atoms with E-state index in [-0.39, 0.29) is 11.2 Å². The average molecular weight is 356 g/mol. The lowest BCUT2D eigenvalue weighted by atomic mass is 9.95. The van der Waals surface area contributed by atoms with Gasteiger partial charge in [0, 0.05) is 17.0 Å². The van der Waals surface area contributed by atoms with Gasteiger partial charge >= 0.3 is 0 Å². The Morgan fingerprint density at radius 3 is 2.80 bits per heavy atom. The highest BCUT2D eigenvalue weighted by Gasteiger charge is 2.27. The van der Waals surface area contributed by atoms with Crippen molar-refractivity contribution >= 4 is 22.6 Å². The number of aromatic nitrogens is 3. The van der Waals surface area contributed by atoms with E-state index in [2.05, 4.69) is 9.97 Å². The summed E-state index contributed by atoms with van der Waals surface area (Å²) in [7, 11) is 0. The molecule has 3 heterocycles. The highest BCUT2D eigenvalue weighted by molar-refractivity contribution is 6.30. The van der Waals surface area contributed by atoms with Crippen LogP contribution < -0.4 is 5.56 Å². The molecule has 0 saturated heterocycles. The third-order valence-electron chi connectivity index (χ3n) is 4.46. The van der Waals surface area contributed by atoms with Crippen molar-refractivity contribution in [3.05, 3.63) is 68.9 Å². The number of nitrogens with zero attached hydrogens (tertiary/aromatic N) is 3. The summed E-state index contributed by atoms with van der Waals surface area (Å²) < 4.78 is 7.43. The monoisotopic (exact) mass is 355 g/mol. The van der Waals surface area contributed by atoms with Crippen molar-refractivity contribution in [2.45, 2.75) is 39.0 Å². The minimum atomic E-state index is -0.239. The molecule has 0 N–H and O–H groups in total. The number of halogens is 1. The third-order valence-corrected chi connectivity index (χ3v) is 4.71. The van der Waals surface area contributed by atoms with Crippen LogP contribution in [0.25, 0.3) is 11.0 Å². The largest absolute Gasteiger partial charge is 0.370 e. The summed E-state index contributed by atoms with van der Waals surface area (Å²) in [4.78, 5) is 21.8. The highest BCUT2D eigenvalue weighted by atomic mass is 35.5. The maximum Gasteiger partial charge on any atom is 0.263 e. The van der Waals surface area contributed by atoms with E-state index in [9.17, 15) is 4.79 Å². The fraction of sp³-hybridized carbons (Fsp3) is 0.316. The third kappa shape index (κ3) is 3.17. The highest BCUT2D eigenvalue weighted by Crippen LogP contribution is 2.27. The first-order chi connectivity index (χ1) is 11.9. The lowest BCUT2D eigenvalue weighted by Crippen LogP contribution is -2.33. The molecule has 0 fully saturated rings. The topological polar surface area (TPSA) is 57.0 Å². The van der Waals surface area contributed by atoms with Crippen LogP contribution in [0.5, 0.6) is 0 Å². The smallest absolute Gasteiger partial charge is 0.263 e. The van der Waals surface area contributed by atoms with Crippen molar-refractivity contribution in [3.8, 4) is 0 Å². The SMILES string of the molecule is CC1(C)Cc2nc3ncn(Cc4ccc(Cl)cc4)c(=O)c3cc2CO1. The van der Waals surface area contributed by atoms with Crippen LogP contribution in [0.2, 0.25) is 5.02 Å². The first-order valence-corrected chi connectivity index (χ1v) is 8.55. The number of fused-ring (bicyclic) bond motifs is 2. The summed E-state index contributed by atoms with van der Waals surface area (Å²) in [5.41, 5.74) is 3.08. The van der Waals surface area contributed by atoms with Crippen molar-refractivity contribution in [2.75, 3.05) is 0 Å². The summed E-state index contributed by atoms with van der Waals surface area (Å²) in [6.07, 6.45) is 2.27. The Bertz CT molecular complexity index is 1010. The standard InChI is InChI=1S/C19H18ClN3O2/c1-19(2)8-16-13(10-25-19)7-15-17(22-16)21-11-23(18(15)24)9-12-3-5-14(20)6-4-12/h3-7,11H,8-10H2,1-2H3. The van der Waals surface area contributed by atoms with Gasteiger partial charge in [0.15, 0.2) is 5.65 Å². The van der Waals surface area contributed by atoms with Crippen molar-refractivity contribution in [1.82, 2.24) is 14.5 Å². The van der Waals surface area contributed by atoms with E-state index >= 15 is 0 Å². The Balaban J connectivity index is 1.75. The van der Waals surface area contributed by atoms with Gasteiger partial charge in [0.25, 0.3) is 5.56 Å². The Morgan fingerprint density at radius 1 is 1.28 bits per heavy atom.